The lowest BCUT2D eigenvalue weighted by molar-refractivity contribution is -0.131. The van der Waals surface area contributed by atoms with Crippen LogP contribution >= 0.6 is 0 Å². The SMILES string of the molecule is C.CN1CCCC1CCN.CO[C@@H]1C(=CC(=O)CCCC2CCCN2C)CC[C@]2(CO2)[C@H]1[C@@]1(C)O[C@@H]1CC=C(C)C.CO[C@@H]1C(=CC(=O)CCCC2CCCN2C)CC[C@]2(CO2)[C@H]1[C@@]1(C)O[C@@H]1CC=C(C)C.CO[C@@H]1C(=CC(=O)O)CC[C@]2(CO2)[C@H]1[C@@]1(C)O[C@@H]1CC=C(C)C. The quantitative estimate of drug-likeness (QED) is 0.0494. The predicted octanol–water partition coefficient (Wildman–Crippen LogP) is 12.7. The number of nitrogens with zero attached hydrogens (tertiary/aromatic N) is 3. The fourth-order valence-corrected chi connectivity index (χ4v) is 18.0. The summed E-state index contributed by atoms with van der Waals surface area (Å²) in [6.07, 6.45) is 34.2. The van der Waals surface area contributed by atoms with Gasteiger partial charge in [0, 0.05) is 58.4 Å². The molecule has 95 heavy (non-hydrogen) atoms. The highest BCUT2D eigenvalue weighted by Crippen LogP contribution is 2.63. The molecular formula is C78H128N4O13. The largest absolute Gasteiger partial charge is 0.478 e. The lowest BCUT2D eigenvalue weighted by Crippen LogP contribution is -2.50. The van der Waals surface area contributed by atoms with E-state index in [1.165, 1.54) is 87.4 Å². The molecule has 0 aromatic heterocycles. The van der Waals surface area contributed by atoms with Crippen LogP contribution in [0.2, 0.25) is 0 Å². The molecule has 3 N–H and O–H groups in total. The number of carbonyl (C=O) groups is 3. The molecule has 0 amide bonds. The average molecular weight is 1330 g/mol. The van der Waals surface area contributed by atoms with Gasteiger partial charge in [0.25, 0.3) is 0 Å². The molecule has 3 unspecified atom stereocenters. The monoisotopic (exact) mass is 1330 g/mol. The number of ketones is 2. The number of nitrogens with two attached hydrogens (primary N) is 1. The smallest absolute Gasteiger partial charge is 0.328 e. The van der Waals surface area contributed by atoms with E-state index in [2.05, 4.69) is 116 Å². The first-order valence-electron chi connectivity index (χ1n) is 36.4. The number of aliphatic carboxylic acids is 1. The summed E-state index contributed by atoms with van der Waals surface area (Å²) in [5.74, 6) is -0.119. The molecule has 12 rings (SSSR count). The van der Waals surface area contributed by atoms with Gasteiger partial charge in [0.1, 0.15) is 33.6 Å². The Balaban J connectivity index is 0.000000172. The third-order valence-corrected chi connectivity index (χ3v) is 24.0. The van der Waals surface area contributed by atoms with E-state index in [4.69, 9.17) is 53.5 Å². The highest BCUT2D eigenvalue weighted by molar-refractivity contribution is 5.91. The Bertz CT molecular complexity index is 2660. The van der Waals surface area contributed by atoms with Crippen LogP contribution in [-0.2, 0) is 57.0 Å². The Kier molecular flexibility index (Phi) is 26.9. The van der Waals surface area contributed by atoms with Crippen LogP contribution in [0.5, 0.6) is 0 Å². The van der Waals surface area contributed by atoms with Gasteiger partial charge >= 0.3 is 5.97 Å². The van der Waals surface area contributed by atoms with Crippen LogP contribution < -0.4 is 5.73 Å². The van der Waals surface area contributed by atoms with Crippen molar-refractivity contribution in [2.45, 2.75) is 299 Å². The summed E-state index contributed by atoms with van der Waals surface area (Å²) in [7, 11) is 11.8. The van der Waals surface area contributed by atoms with Crippen LogP contribution in [0.3, 0.4) is 0 Å². The van der Waals surface area contributed by atoms with Crippen molar-refractivity contribution in [1.29, 1.82) is 0 Å². The van der Waals surface area contributed by atoms with Crippen LogP contribution in [0.1, 0.15) is 211 Å². The highest BCUT2D eigenvalue weighted by Gasteiger charge is 2.74. The summed E-state index contributed by atoms with van der Waals surface area (Å²) in [6.45, 7) is 26.0. The van der Waals surface area contributed by atoms with E-state index >= 15 is 0 Å². The molecule has 0 aromatic carbocycles. The van der Waals surface area contributed by atoms with Gasteiger partial charge in [-0.15, -0.1) is 0 Å². The summed E-state index contributed by atoms with van der Waals surface area (Å²) in [5.41, 5.74) is 11.2. The lowest BCUT2D eigenvalue weighted by Gasteiger charge is -2.40. The van der Waals surface area contributed by atoms with Crippen molar-refractivity contribution in [3.8, 4) is 0 Å². The maximum absolute atomic E-state index is 12.8. The first-order chi connectivity index (χ1) is 44.7. The van der Waals surface area contributed by atoms with Crippen molar-refractivity contribution in [2.75, 3.05) is 88.5 Å². The minimum atomic E-state index is -0.920. The lowest BCUT2D eigenvalue weighted by atomic mass is 9.67. The van der Waals surface area contributed by atoms with Crippen LogP contribution in [0.4, 0.5) is 0 Å². The van der Waals surface area contributed by atoms with Crippen LogP contribution in [-0.4, -0.2) is 214 Å². The Labute approximate surface area is 573 Å². The Morgan fingerprint density at radius 2 is 0.811 bits per heavy atom. The summed E-state index contributed by atoms with van der Waals surface area (Å²) in [4.78, 5) is 44.0. The topological polar surface area (TPSA) is 210 Å². The highest BCUT2D eigenvalue weighted by atomic mass is 16.6. The number of ether oxygens (including phenoxy) is 9. The van der Waals surface area contributed by atoms with Gasteiger partial charge < -0.3 is 68.2 Å². The molecule has 3 saturated carbocycles. The van der Waals surface area contributed by atoms with Gasteiger partial charge in [-0.3, -0.25) is 9.59 Å². The van der Waals surface area contributed by atoms with E-state index in [0.717, 1.165) is 120 Å². The maximum atomic E-state index is 12.8. The van der Waals surface area contributed by atoms with Gasteiger partial charge in [-0.2, -0.15) is 0 Å². The van der Waals surface area contributed by atoms with Crippen molar-refractivity contribution in [3.05, 3.63) is 69.9 Å². The standard InChI is InChI=1S/2C26H41NO4.C18H26O5.C7H16N2.CH4/c2*1-18(2)11-12-22-25(3,31-22)24-23(29-5)19(13-14-26(24)17-30-26)16-21(28)10-6-8-20-9-7-15-27(20)4;1-11(2)5-6-13-17(3,23-13)16-15(21-4)12(9-14(19)20)7-8-18(16)10-22-18;1-9-6-2-3-7(9)4-5-8;/h2*11,16,20,22-24H,6-10,12-15,17H2,1-5H3;5,9,13,15-16H,6-8,10H2,1-4H3,(H,19,20);7H,2-6,8H2,1H3;1H4/t2*20?,22-,23-,24-,25+,26+;13-,15-,16-,17+,18+;;/m111../s1. The predicted molar refractivity (Wildman–Crippen MR) is 376 cm³/mol. The van der Waals surface area contributed by atoms with Crippen molar-refractivity contribution in [1.82, 2.24) is 14.7 Å². The van der Waals surface area contributed by atoms with Gasteiger partial charge in [-0.05, 0) is 267 Å². The van der Waals surface area contributed by atoms with Gasteiger partial charge in [0.15, 0.2) is 11.6 Å². The van der Waals surface area contributed by atoms with E-state index in [1.807, 2.05) is 12.2 Å². The fourth-order valence-electron chi connectivity index (χ4n) is 18.0. The number of hydrogen-bond acceptors (Lipinski definition) is 16. The molecule has 9 aliphatic heterocycles. The van der Waals surface area contributed by atoms with Gasteiger partial charge in [-0.25, -0.2) is 4.79 Å². The second-order valence-corrected chi connectivity index (χ2v) is 31.5. The molecule has 12 fully saturated rings. The van der Waals surface area contributed by atoms with E-state index in [0.29, 0.717) is 38.0 Å². The molecule has 18 atom stereocenters. The Morgan fingerprint density at radius 3 is 1.05 bits per heavy atom. The molecule has 12 aliphatic rings. The molecule has 17 heteroatoms. The fraction of sp³-hybridized carbons (Fsp3) is 0.808. The van der Waals surface area contributed by atoms with E-state index in [-0.39, 0.29) is 107 Å². The number of likely N-dealkylation sites (tertiary alicyclic amines) is 3. The van der Waals surface area contributed by atoms with Crippen molar-refractivity contribution < 1.29 is 62.1 Å². The third kappa shape index (κ3) is 18.8. The number of methoxy groups -OCH3 is 3. The zero-order valence-electron chi connectivity index (χ0n) is 60.7. The van der Waals surface area contributed by atoms with Crippen LogP contribution in [0.15, 0.2) is 69.9 Å². The van der Waals surface area contributed by atoms with E-state index < -0.39 is 5.97 Å². The first kappa shape index (κ1) is 77.5. The summed E-state index contributed by atoms with van der Waals surface area (Å²) in [6, 6.07) is 2.10. The molecule has 9 heterocycles. The first-order valence-corrected chi connectivity index (χ1v) is 36.4. The van der Waals surface area contributed by atoms with Crippen LogP contribution in [0.25, 0.3) is 0 Å². The number of carbonyl (C=O) groups excluding carboxylic acids is 2. The normalized spacial score (nSPS) is 40.1. The number of epoxide rings is 6. The zero-order valence-corrected chi connectivity index (χ0v) is 60.7. The van der Waals surface area contributed by atoms with Gasteiger partial charge in [0.2, 0.25) is 0 Å². The van der Waals surface area contributed by atoms with Gasteiger partial charge in [0.05, 0.1) is 74.2 Å². The molecular weight excluding hydrogens is 1200 g/mol. The summed E-state index contributed by atoms with van der Waals surface area (Å²) in [5, 5.41) is 9.12. The Hall–Kier alpha value is -3.27. The molecule has 0 radical (unpaired) electrons. The van der Waals surface area contributed by atoms with Crippen molar-refractivity contribution in [2.24, 2.45) is 23.5 Å². The van der Waals surface area contributed by atoms with Crippen LogP contribution in [0, 0.1) is 17.8 Å². The summed E-state index contributed by atoms with van der Waals surface area (Å²) < 4.78 is 54.3. The number of rotatable bonds is 25. The van der Waals surface area contributed by atoms with E-state index in [9.17, 15) is 14.4 Å². The number of allylic oxidation sites excluding steroid dienone is 5. The summed E-state index contributed by atoms with van der Waals surface area (Å²) >= 11 is 0. The maximum Gasteiger partial charge on any atom is 0.328 e. The molecule has 538 valence electrons. The average Bonchev–Trinajstić information content (AvgIpc) is 1.55. The molecule has 0 bridgehead atoms. The number of carboxylic acid groups (broad SMARTS) is 1. The number of carboxylic acids is 1. The number of hydrogen-bond donors (Lipinski definition) is 2. The minimum absolute atomic E-state index is 0. The second kappa shape index (κ2) is 33.0. The third-order valence-electron chi connectivity index (χ3n) is 24.0. The molecule has 17 nitrogen and oxygen atoms in total. The molecule has 0 aromatic rings. The van der Waals surface area contributed by atoms with Crippen molar-refractivity contribution in [3.63, 3.8) is 0 Å². The molecule has 3 spiro atoms. The Morgan fingerprint density at radius 1 is 0.516 bits per heavy atom. The van der Waals surface area contributed by atoms with E-state index in [1.54, 1.807) is 21.3 Å². The minimum Gasteiger partial charge on any atom is -0.478 e. The zero-order chi connectivity index (χ0) is 68.0. The van der Waals surface area contributed by atoms with Gasteiger partial charge in [-0.1, -0.05) is 42.4 Å². The second-order valence-electron chi connectivity index (χ2n) is 31.5. The molecule has 3 aliphatic carbocycles. The van der Waals surface area contributed by atoms with Crippen molar-refractivity contribution >= 4 is 17.5 Å². The molecule has 9 saturated heterocycles.